The number of benzene rings is 1. The predicted octanol–water partition coefficient (Wildman–Crippen LogP) is -0.492. The van der Waals surface area contributed by atoms with Gasteiger partial charge in [0.05, 0.1) is 32.7 Å². The van der Waals surface area contributed by atoms with Crippen molar-refractivity contribution in [3.05, 3.63) is 29.8 Å². The zero-order valence-corrected chi connectivity index (χ0v) is 26.4. The summed E-state index contributed by atoms with van der Waals surface area (Å²) in [5, 5.41) is 58.5. The van der Waals surface area contributed by atoms with Crippen molar-refractivity contribution in [2.75, 3.05) is 91.6 Å². The second kappa shape index (κ2) is 20.4. The van der Waals surface area contributed by atoms with Gasteiger partial charge in [-0.3, -0.25) is 48.5 Å². The number of hydrogen-bond acceptors (Lipinski definition) is 12. The van der Waals surface area contributed by atoms with Gasteiger partial charge in [0.25, 0.3) is 0 Å². The molecule has 1 aliphatic rings. The largest absolute Gasteiger partial charge is 0.480 e. The summed E-state index contributed by atoms with van der Waals surface area (Å²) in [4.78, 5) is 67.3. The quantitative estimate of drug-likeness (QED) is 0.104. The van der Waals surface area contributed by atoms with Crippen molar-refractivity contribution in [3.63, 3.8) is 0 Å². The molecule has 2 rings (SSSR count). The summed E-state index contributed by atoms with van der Waals surface area (Å²) in [6.07, 6.45) is 0.880. The molecule has 1 heterocycles. The zero-order chi connectivity index (χ0) is 34.1. The molecule has 0 saturated carbocycles. The minimum Gasteiger partial charge on any atom is -0.480 e. The Bertz CT molecular complexity index is 1170. The van der Waals surface area contributed by atoms with Crippen molar-refractivity contribution in [2.24, 2.45) is 0 Å². The van der Waals surface area contributed by atoms with Gasteiger partial charge < -0.3 is 25.5 Å². The molecule has 1 aromatic rings. The standard InChI is InChI=1S/C29H42N6O10S/c30-21-46-24-5-2-22(3-6-24)1-4-23(35(19-28(42)43)20-29(44)45)15-31-7-9-32(16-25(36)37)11-13-34(18-27(40)41)14-12-33(10-8-31)17-26(38)39/h2-3,5-6,23H,1,4,7-20H2,(H,36,37)(H,38,39)(H,40,41)(H,42,43)(H,44,45). The van der Waals surface area contributed by atoms with Crippen LogP contribution in [0.3, 0.4) is 0 Å². The lowest BCUT2D eigenvalue weighted by Crippen LogP contribution is -2.52. The third-order valence-corrected chi connectivity index (χ3v) is 8.12. The van der Waals surface area contributed by atoms with E-state index in [1.54, 1.807) is 26.8 Å². The van der Waals surface area contributed by atoms with Gasteiger partial charge in [-0.1, -0.05) is 12.1 Å². The number of thiocyanates is 1. The molecule has 17 heteroatoms. The molecule has 254 valence electrons. The zero-order valence-electron chi connectivity index (χ0n) is 25.6. The summed E-state index contributed by atoms with van der Waals surface area (Å²) in [5.41, 5.74) is 0.915. The summed E-state index contributed by atoms with van der Waals surface area (Å²) < 4.78 is 0. The third kappa shape index (κ3) is 16.0. The first kappa shape index (κ1) is 38.4. The normalized spacial score (nSPS) is 17.0. The van der Waals surface area contributed by atoms with Crippen LogP contribution in [0.2, 0.25) is 0 Å². The van der Waals surface area contributed by atoms with E-state index in [1.807, 2.05) is 22.4 Å². The lowest BCUT2D eigenvalue weighted by Gasteiger charge is -2.37. The van der Waals surface area contributed by atoms with Gasteiger partial charge in [-0.2, -0.15) is 5.26 Å². The van der Waals surface area contributed by atoms with Crippen LogP contribution in [0, 0.1) is 10.7 Å². The summed E-state index contributed by atoms with van der Waals surface area (Å²) in [6.45, 7) is 0.532. The Morgan fingerprint density at radius 1 is 0.674 bits per heavy atom. The molecule has 1 unspecified atom stereocenters. The lowest BCUT2D eigenvalue weighted by molar-refractivity contribution is -0.143. The lowest BCUT2D eigenvalue weighted by atomic mass is 10.0. The fourth-order valence-electron chi connectivity index (χ4n) is 5.27. The molecule has 0 radical (unpaired) electrons. The van der Waals surface area contributed by atoms with Crippen molar-refractivity contribution in [1.29, 1.82) is 5.26 Å². The molecule has 1 atom stereocenters. The van der Waals surface area contributed by atoms with Crippen molar-refractivity contribution in [1.82, 2.24) is 24.5 Å². The molecule has 16 nitrogen and oxygen atoms in total. The van der Waals surface area contributed by atoms with Gasteiger partial charge in [-0.15, -0.1) is 0 Å². The van der Waals surface area contributed by atoms with Crippen LogP contribution >= 0.6 is 11.8 Å². The number of thioether (sulfide) groups is 1. The number of hydrogen-bond donors (Lipinski definition) is 5. The first-order chi connectivity index (χ1) is 21.8. The number of aryl methyl sites for hydroxylation is 1. The maximum atomic E-state index is 11.8. The van der Waals surface area contributed by atoms with E-state index in [0.717, 1.165) is 22.2 Å². The van der Waals surface area contributed by atoms with Gasteiger partial charge in [-0.05, 0) is 42.3 Å². The Morgan fingerprint density at radius 3 is 1.41 bits per heavy atom. The van der Waals surface area contributed by atoms with E-state index in [1.165, 1.54) is 4.90 Å². The number of carbonyl (C=O) groups is 5. The fraction of sp³-hybridized carbons (Fsp3) is 0.586. The van der Waals surface area contributed by atoms with E-state index in [4.69, 9.17) is 5.26 Å². The van der Waals surface area contributed by atoms with Crippen LogP contribution in [0.4, 0.5) is 0 Å². The summed E-state index contributed by atoms with van der Waals surface area (Å²) in [7, 11) is 0. The smallest absolute Gasteiger partial charge is 0.317 e. The van der Waals surface area contributed by atoms with Gasteiger partial charge >= 0.3 is 29.8 Å². The molecule has 0 aliphatic carbocycles. The maximum Gasteiger partial charge on any atom is 0.317 e. The topological polar surface area (TPSA) is 226 Å². The highest BCUT2D eigenvalue weighted by Crippen LogP contribution is 2.19. The van der Waals surface area contributed by atoms with Crippen LogP contribution < -0.4 is 0 Å². The van der Waals surface area contributed by atoms with Crippen LogP contribution in [0.25, 0.3) is 0 Å². The molecule has 1 fully saturated rings. The predicted molar refractivity (Wildman–Crippen MR) is 166 cm³/mol. The molecule has 1 aromatic carbocycles. The number of nitriles is 1. The Kier molecular flexibility index (Phi) is 17.0. The minimum atomic E-state index is -1.19. The molecule has 0 amide bonds. The van der Waals surface area contributed by atoms with E-state index in [9.17, 15) is 49.5 Å². The summed E-state index contributed by atoms with van der Waals surface area (Å²) >= 11 is 1.02. The molecular weight excluding hydrogens is 624 g/mol. The number of rotatable bonds is 17. The third-order valence-electron chi connectivity index (χ3n) is 7.52. The van der Waals surface area contributed by atoms with Gasteiger partial charge in [-0.25, -0.2) is 0 Å². The molecule has 0 bridgehead atoms. The molecule has 0 aromatic heterocycles. The van der Waals surface area contributed by atoms with Crippen LogP contribution in [-0.2, 0) is 30.4 Å². The van der Waals surface area contributed by atoms with Gasteiger partial charge in [0.15, 0.2) is 0 Å². The average molecular weight is 667 g/mol. The van der Waals surface area contributed by atoms with Gasteiger partial charge in [0.1, 0.15) is 5.40 Å². The molecule has 1 saturated heterocycles. The highest BCUT2D eigenvalue weighted by atomic mass is 32.2. The first-order valence-electron chi connectivity index (χ1n) is 14.7. The second-order valence-corrected chi connectivity index (χ2v) is 11.9. The molecule has 0 spiro atoms. The van der Waals surface area contributed by atoms with E-state index in [-0.39, 0.29) is 65.4 Å². The summed E-state index contributed by atoms with van der Waals surface area (Å²) in [6, 6.07) is 6.76. The monoisotopic (exact) mass is 666 g/mol. The second-order valence-electron chi connectivity index (χ2n) is 11.0. The van der Waals surface area contributed by atoms with E-state index >= 15 is 0 Å². The Balaban J connectivity index is 2.35. The van der Waals surface area contributed by atoms with Gasteiger partial charge in [0, 0.05) is 69.8 Å². The molecule has 5 N–H and O–H groups in total. The average Bonchev–Trinajstić information content (AvgIpc) is 2.95. The highest BCUT2D eigenvalue weighted by molar-refractivity contribution is 8.03. The highest BCUT2D eigenvalue weighted by Gasteiger charge is 2.27. The molecular formula is C29H42N6O10S. The van der Waals surface area contributed by atoms with Crippen LogP contribution in [0.1, 0.15) is 12.0 Å². The van der Waals surface area contributed by atoms with Crippen molar-refractivity contribution < 1.29 is 49.5 Å². The maximum absolute atomic E-state index is 11.8. The van der Waals surface area contributed by atoms with Crippen LogP contribution in [-0.4, -0.2) is 178 Å². The minimum absolute atomic E-state index is 0.232. The van der Waals surface area contributed by atoms with Crippen LogP contribution in [0.15, 0.2) is 29.2 Å². The van der Waals surface area contributed by atoms with Crippen molar-refractivity contribution >= 4 is 41.6 Å². The van der Waals surface area contributed by atoms with Gasteiger partial charge in [0.2, 0.25) is 0 Å². The Labute approximate surface area is 271 Å². The van der Waals surface area contributed by atoms with Crippen molar-refractivity contribution in [2.45, 2.75) is 23.8 Å². The number of carboxylic acid groups (broad SMARTS) is 5. The Hall–Kier alpha value is -3.79. The van der Waals surface area contributed by atoms with E-state index in [0.29, 0.717) is 25.9 Å². The molecule has 46 heavy (non-hydrogen) atoms. The number of nitrogens with zero attached hydrogens (tertiary/aromatic N) is 6. The van der Waals surface area contributed by atoms with E-state index < -0.39 is 49.0 Å². The van der Waals surface area contributed by atoms with Crippen molar-refractivity contribution in [3.8, 4) is 5.40 Å². The summed E-state index contributed by atoms with van der Waals surface area (Å²) in [5.74, 6) is -5.54. The fourth-order valence-corrected chi connectivity index (χ4v) is 5.65. The van der Waals surface area contributed by atoms with Crippen LogP contribution in [0.5, 0.6) is 0 Å². The first-order valence-corrected chi connectivity index (χ1v) is 15.5. The number of carboxylic acids is 5. The SMILES string of the molecule is N#CSc1ccc(CCC(CN2CCN(CC(=O)O)CCN(CC(=O)O)CCN(CC(=O)O)CC2)N(CC(=O)O)CC(=O)O)cc1. The molecule has 1 aliphatic heterocycles. The number of aliphatic carboxylic acids is 5. The Morgan fingerprint density at radius 2 is 1.07 bits per heavy atom. The van der Waals surface area contributed by atoms with E-state index in [2.05, 4.69) is 0 Å².